The van der Waals surface area contributed by atoms with E-state index in [1.165, 1.54) is 24.3 Å². The van der Waals surface area contributed by atoms with Crippen molar-refractivity contribution < 1.29 is 8.78 Å². The maximum atomic E-state index is 12.8. The molecule has 0 heterocycles. The van der Waals surface area contributed by atoms with E-state index < -0.39 is 0 Å². The van der Waals surface area contributed by atoms with Crippen LogP contribution in [0.2, 0.25) is 0 Å². The molecule has 88 valence electrons. The Balaban J connectivity index is 2.33. The summed E-state index contributed by atoms with van der Waals surface area (Å²) in [4.78, 5) is 0. The molecule has 3 heteroatoms. The quantitative estimate of drug-likeness (QED) is 0.857. The molecule has 0 radical (unpaired) electrons. The van der Waals surface area contributed by atoms with Gasteiger partial charge in [0.25, 0.3) is 0 Å². The SMILES string of the molecule is CNC(c1ccc(F)cc1)c1ccc(F)cc1. The summed E-state index contributed by atoms with van der Waals surface area (Å²) in [6.07, 6.45) is 0. The van der Waals surface area contributed by atoms with E-state index in [1.54, 1.807) is 24.3 Å². The fraction of sp³-hybridized carbons (Fsp3) is 0.143. The molecule has 0 saturated heterocycles. The number of halogens is 2. The normalized spacial score (nSPS) is 10.8. The van der Waals surface area contributed by atoms with E-state index in [0.717, 1.165) is 11.1 Å². The molecule has 2 aromatic rings. The monoisotopic (exact) mass is 233 g/mol. The van der Waals surface area contributed by atoms with E-state index in [2.05, 4.69) is 5.32 Å². The number of hydrogen-bond acceptors (Lipinski definition) is 1. The summed E-state index contributed by atoms with van der Waals surface area (Å²) >= 11 is 0. The van der Waals surface area contributed by atoms with Crippen molar-refractivity contribution in [2.45, 2.75) is 6.04 Å². The summed E-state index contributed by atoms with van der Waals surface area (Å²) in [6, 6.07) is 12.5. The zero-order valence-electron chi connectivity index (χ0n) is 9.45. The highest BCUT2D eigenvalue weighted by atomic mass is 19.1. The molecule has 0 unspecified atom stereocenters. The van der Waals surface area contributed by atoms with Crippen LogP contribution in [0.4, 0.5) is 8.78 Å². The first-order chi connectivity index (χ1) is 8.20. The van der Waals surface area contributed by atoms with Crippen molar-refractivity contribution >= 4 is 0 Å². The zero-order valence-corrected chi connectivity index (χ0v) is 9.45. The van der Waals surface area contributed by atoms with Gasteiger partial charge in [-0.3, -0.25) is 0 Å². The largest absolute Gasteiger partial charge is 0.309 e. The van der Waals surface area contributed by atoms with Crippen LogP contribution in [-0.2, 0) is 0 Å². The predicted molar refractivity (Wildman–Crippen MR) is 63.7 cm³/mol. The van der Waals surface area contributed by atoms with Gasteiger partial charge in [0.1, 0.15) is 11.6 Å². The van der Waals surface area contributed by atoms with E-state index in [4.69, 9.17) is 0 Å². The summed E-state index contributed by atoms with van der Waals surface area (Å²) in [6.45, 7) is 0. The third-order valence-corrected chi connectivity index (χ3v) is 2.70. The minimum atomic E-state index is -0.261. The Kier molecular flexibility index (Phi) is 3.49. The molecule has 0 amide bonds. The molecule has 0 atom stereocenters. The van der Waals surface area contributed by atoms with Crippen LogP contribution in [-0.4, -0.2) is 7.05 Å². The zero-order chi connectivity index (χ0) is 12.3. The third-order valence-electron chi connectivity index (χ3n) is 2.70. The molecule has 0 saturated carbocycles. The highest BCUT2D eigenvalue weighted by molar-refractivity contribution is 5.31. The summed E-state index contributed by atoms with van der Waals surface area (Å²) < 4.78 is 25.7. The Morgan fingerprint density at radius 1 is 0.765 bits per heavy atom. The minimum Gasteiger partial charge on any atom is -0.309 e. The van der Waals surface area contributed by atoms with E-state index >= 15 is 0 Å². The van der Waals surface area contributed by atoms with Gasteiger partial charge in [0.15, 0.2) is 0 Å². The van der Waals surface area contributed by atoms with Crippen LogP contribution in [0.3, 0.4) is 0 Å². The van der Waals surface area contributed by atoms with Gasteiger partial charge in [-0.15, -0.1) is 0 Å². The lowest BCUT2D eigenvalue weighted by molar-refractivity contribution is 0.620. The average molecular weight is 233 g/mol. The van der Waals surface area contributed by atoms with Gasteiger partial charge in [-0.2, -0.15) is 0 Å². The molecule has 0 aromatic heterocycles. The first-order valence-electron chi connectivity index (χ1n) is 5.39. The van der Waals surface area contributed by atoms with Gasteiger partial charge < -0.3 is 5.32 Å². The van der Waals surface area contributed by atoms with Crippen LogP contribution >= 0.6 is 0 Å². The fourth-order valence-electron chi connectivity index (χ4n) is 1.84. The van der Waals surface area contributed by atoms with Crippen molar-refractivity contribution in [3.05, 3.63) is 71.3 Å². The van der Waals surface area contributed by atoms with Crippen LogP contribution in [0.5, 0.6) is 0 Å². The molecule has 0 fully saturated rings. The lowest BCUT2D eigenvalue weighted by Crippen LogP contribution is -2.17. The van der Waals surface area contributed by atoms with Crippen molar-refractivity contribution in [2.24, 2.45) is 0 Å². The van der Waals surface area contributed by atoms with E-state index in [1.807, 2.05) is 7.05 Å². The van der Waals surface area contributed by atoms with Crippen LogP contribution in [0.25, 0.3) is 0 Å². The molecule has 2 rings (SSSR count). The molecule has 2 aromatic carbocycles. The van der Waals surface area contributed by atoms with Crippen LogP contribution in [0.1, 0.15) is 17.2 Å². The maximum Gasteiger partial charge on any atom is 0.123 e. The van der Waals surface area contributed by atoms with Gasteiger partial charge in [-0.05, 0) is 42.4 Å². The molecule has 0 aliphatic rings. The van der Waals surface area contributed by atoms with Gasteiger partial charge in [-0.1, -0.05) is 24.3 Å². The Labute approximate surface area is 99.1 Å². The highest BCUT2D eigenvalue weighted by Crippen LogP contribution is 2.22. The van der Waals surface area contributed by atoms with Crippen LogP contribution < -0.4 is 5.32 Å². The maximum absolute atomic E-state index is 12.8. The van der Waals surface area contributed by atoms with Crippen LogP contribution in [0.15, 0.2) is 48.5 Å². The topological polar surface area (TPSA) is 12.0 Å². The number of hydrogen-bond donors (Lipinski definition) is 1. The lowest BCUT2D eigenvalue weighted by Gasteiger charge is -2.17. The third kappa shape index (κ3) is 2.68. The average Bonchev–Trinajstić information content (AvgIpc) is 2.35. The molecular formula is C14H13F2N. The second kappa shape index (κ2) is 5.06. The summed E-state index contributed by atoms with van der Waals surface area (Å²) in [5.41, 5.74) is 1.89. The van der Waals surface area contributed by atoms with Crippen molar-refractivity contribution in [3.63, 3.8) is 0 Å². The second-order valence-corrected chi connectivity index (χ2v) is 3.82. The molecular weight excluding hydrogens is 220 g/mol. The summed E-state index contributed by atoms with van der Waals surface area (Å²) in [5, 5.41) is 3.13. The fourth-order valence-corrected chi connectivity index (χ4v) is 1.84. The van der Waals surface area contributed by atoms with Gasteiger partial charge in [0.05, 0.1) is 6.04 Å². The van der Waals surface area contributed by atoms with Crippen molar-refractivity contribution in [1.29, 1.82) is 0 Å². The van der Waals surface area contributed by atoms with E-state index in [9.17, 15) is 8.78 Å². The standard InChI is InChI=1S/C14H13F2N/c1-17-14(10-2-6-12(15)7-3-10)11-4-8-13(16)9-5-11/h2-9,14,17H,1H3. The first-order valence-corrected chi connectivity index (χ1v) is 5.39. The van der Waals surface area contributed by atoms with Gasteiger partial charge >= 0.3 is 0 Å². The van der Waals surface area contributed by atoms with E-state index in [0.29, 0.717) is 0 Å². The molecule has 0 aliphatic heterocycles. The van der Waals surface area contributed by atoms with Gasteiger partial charge in [0.2, 0.25) is 0 Å². The second-order valence-electron chi connectivity index (χ2n) is 3.82. The molecule has 1 nitrogen and oxygen atoms in total. The number of nitrogens with one attached hydrogen (secondary N) is 1. The highest BCUT2D eigenvalue weighted by Gasteiger charge is 2.11. The minimum absolute atomic E-state index is 0.0591. The van der Waals surface area contributed by atoms with Crippen molar-refractivity contribution in [2.75, 3.05) is 7.05 Å². The Hall–Kier alpha value is -1.74. The van der Waals surface area contributed by atoms with Gasteiger partial charge in [-0.25, -0.2) is 8.78 Å². The molecule has 0 bridgehead atoms. The van der Waals surface area contributed by atoms with Crippen molar-refractivity contribution in [1.82, 2.24) is 5.32 Å². The smallest absolute Gasteiger partial charge is 0.123 e. The lowest BCUT2D eigenvalue weighted by atomic mass is 9.99. The predicted octanol–water partition coefficient (Wildman–Crippen LogP) is 3.27. The van der Waals surface area contributed by atoms with Gasteiger partial charge in [0, 0.05) is 0 Å². The van der Waals surface area contributed by atoms with Crippen LogP contribution in [0, 0.1) is 11.6 Å². The van der Waals surface area contributed by atoms with E-state index in [-0.39, 0.29) is 17.7 Å². The first kappa shape index (κ1) is 11.7. The Morgan fingerprint density at radius 2 is 1.12 bits per heavy atom. The number of benzene rings is 2. The molecule has 1 N–H and O–H groups in total. The molecule has 17 heavy (non-hydrogen) atoms. The Bertz CT molecular complexity index is 431. The summed E-state index contributed by atoms with van der Waals surface area (Å²) in [5.74, 6) is -0.523. The molecule has 0 aliphatic carbocycles. The summed E-state index contributed by atoms with van der Waals surface area (Å²) in [7, 11) is 1.82. The number of rotatable bonds is 3. The van der Waals surface area contributed by atoms with Crippen molar-refractivity contribution in [3.8, 4) is 0 Å². The molecule has 0 spiro atoms. The Morgan fingerprint density at radius 3 is 1.41 bits per heavy atom.